The molecule has 98 valence electrons. The van der Waals surface area contributed by atoms with E-state index in [4.69, 9.17) is 0 Å². The minimum atomic E-state index is -0.279. The molecule has 1 amide bonds. The van der Waals surface area contributed by atoms with Crippen LogP contribution in [0.4, 0.5) is 4.39 Å². The summed E-state index contributed by atoms with van der Waals surface area (Å²) in [7, 11) is 0. The first-order valence-electron chi connectivity index (χ1n) is 6.25. The van der Waals surface area contributed by atoms with Gasteiger partial charge < -0.3 is 5.32 Å². The van der Waals surface area contributed by atoms with Crippen molar-refractivity contribution in [2.24, 2.45) is 10.8 Å². The summed E-state index contributed by atoms with van der Waals surface area (Å²) in [5, 5.41) is 3.04. The van der Waals surface area contributed by atoms with Gasteiger partial charge in [-0.05, 0) is 41.5 Å². The topological polar surface area (TPSA) is 29.1 Å². The molecule has 1 fully saturated rings. The molecule has 0 heterocycles. The second kappa shape index (κ2) is 3.81. The maximum atomic E-state index is 13.2. The van der Waals surface area contributed by atoms with E-state index in [0.717, 1.165) is 0 Å². The molecule has 1 aromatic rings. The molecule has 18 heavy (non-hydrogen) atoms. The van der Waals surface area contributed by atoms with Crippen molar-refractivity contribution in [3.63, 3.8) is 0 Å². The van der Waals surface area contributed by atoms with Gasteiger partial charge in [0.15, 0.2) is 0 Å². The normalized spacial score (nSPS) is 20.6. The van der Waals surface area contributed by atoms with Crippen molar-refractivity contribution in [2.75, 3.05) is 0 Å². The van der Waals surface area contributed by atoms with Gasteiger partial charge in [0, 0.05) is 11.6 Å². The van der Waals surface area contributed by atoms with Crippen LogP contribution in [0.3, 0.4) is 0 Å². The Morgan fingerprint density at radius 1 is 1.22 bits per heavy atom. The maximum absolute atomic E-state index is 13.2. The largest absolute Gasteiger partial charge is 0.348 e. The third-order valence-corrected chi connectivity index (χ3v) is 4.72. The number of halogens is 1. The van der Waals surface area contributed by atoms with Crippen molar-refractivity contribution < 1.29 is 9.18 Å². The smallest absolute Gasteiger partial charge is 0.251 e. The van der Waals surface area contributed by atoms with Crippen molar-refractivity contribution in [2.45, 2.75) is 40.7 Å². The van der Waals surface area contributed by atoms with Crippen molar-refractivity contribution in [3.8, 4) is 0 Å². The molecule has 0 aromatic heterocycles. The van der Waals surface area contributed by atoms with Crippen LogP contribution in [0.15, 0.2) is 18.2 Å². The second-order valence-electron chi connectivity index (χ2n) is 6.31. The summed E-state index contributed by atoms with van der Waals surface area (Å²) in [4.78, 5) is 12.1. The van der Waals surface area contributed by atoms with E-state index in [1.54, 1.807) is 13.0 Å². The predicted octanol–water partition coefficient (Wildman–Crippen LogP) is 3.30. The number of nitrogens with one attached hydrogen (secondary N) is 1. The van der Waals surface area contributed by atoms with Crippen LogP contribution >= 0.6 is 0 Å². The van der Waals surface area contributed by atoms with Crippen molar-refractivity contribution in [1.82, 2.24) is 5.32 Å². The summed E-state index contributed by atoms with van der Waals surface area (Å²) < 4.78 is 13.2. The van der Waals surface area contributed by atoms with Crippen LogP contribution in [0.2, 0.25) is 0 Å². The molecule has 0 spiro atoms. The number of carbonyl (C=O) groups excluding carboxylic acids is 1. The lowest BCUT2D eigenvalue weighted by Gasteiger charge is -2.07. The SMILES string of the molecule is Cc1cc(C(=O)NC2C(C)(C)C2(C)C)ccc1F. The Morgan fingerprint density at radius 3 is 2.22 bits per heavy atom. The fourth-order valence-corrected chi connectivity index (χ4v) is 2.56. The third kappa shape index (κ3) is 1.82. The molecule has 1 N–H and O–H groups in total. The minimum absolute atomic E-state index is 0.109. The van der Waals surface area contributed by atoms with E-state index in [9.17, 15) is 9.18 Å². The highest BCUT2D eigenvalue weighted by molar-refractivity contribution is 5.95. The average molecular weight is 249 g/mol. The molecule has 0 unspecified atom stereocenters. The van der Waals surface area contributed by atoms with Crippen LogP contribution < -0.4 is 5.32 Å². The molecule has 1 saturated carbocycles. The number of rotatable bonds is 2. The van der Waals surface area contributed by atoms with E-state index in [-0.39, 0.29) is 28.6 Å². The van der Waals surface area contributed by atoms with E-state index >= 15 is 0 Å². The van der Waals surface area contributed by atoms with Crippen LogP contribution in [-0.2, 0) is 0 Å². The van der Waals surface area contributed by atoms with Gasteiger partial charge in [0.05, 0.1) is 0 Å². The molecule has 1 aromatic carbocycles. The average Bonchev–Trinajstić information content (AvgIpc) is 2.65. The van der Waals surface area contributed by atoms with Gasteiger partial charge in [-0.3, -0.25) is 4.79 Å². The van der Waals surface area contributed by atoms with Crippen LogP contribution in [-0.4, -0.2) is 11.9 Å². The Hall–Kier alpha value is -1.38. The molecule has 2 nitrogen and oxygen atoms in total. The monoisotopic (exact) mass is 249 g/mol. The molecular weight excluding hydrogens is 229 g/mol. The lowest BCUT2D eigenvalue weighted by Crippen LogP contribution is -2.29. The highest BCUT2D eigenvalue weighted by atomic mass is 19.1. The van der Waals surface area contributed by atoms with Gasteiger partial charge in [-0.1, -0.05) is 27.7 Å². The van der Waals surface area contributed by atoms with Crippen LogP contribution in [0.1, 0.15) is 43.6 Å². The molecule has 0 atom stereocenters. The van der Waals surface area contributed by atoms with Gasteiger partial charge in [-0.15, -0.1) is 0 Å². The number of carbonyl (C=O) groups is 1. The zero-order chi connectivity index (χ0) is 13.7. The molecule has 0 saturated heterocycles. The van der Waals surface area contributed by atoms with Gasteiger partial charge >= 0.3 is 0 Å². The van der Waals surface area contributed by atoms with Crippen molar-refractivity contribution in [3.05, 3.63) is 35.1 Å². The zero-order valence-electron chi connectivity index (χ0n) is 11.6. The van der Waals surface area contributed by atoms with Crippen LogP contribution in [0.5, 0.6) is 0 Å². The maximum Gasteiger partial charge on any atom is 0.251 e. The quantitative estimate of drug-likeness (QED) is 0.856. The van der Waals surface area contributed by atoms with E-state index < -0.39 is 0 Å². The molecule has 0 aliphatic heterocycles. The Balaban J connectivity index is 2.12. The summed E-state index contributed by atoms with van der Waals surface area (Å²) in [5.74, 6) is -0.402. The first-order valence-corrected chi connectivity index (χ1v) is 6.25. The number of benzene rings is 1. The Morgan fingerprint density at radius 2 is 1.78 bits per heavy atom. The molecule has 2 rings (SSSR count). The fraction of sp³-hybridized carbons (Fsp3) is 0.533. The lowest BCUT2D eigenvalue weighted by molar-refractivity contribution is 0.0943. The number of aryl methyl sites for hydroxylation is 1. The van der Waals surface area contributed by atoms with Crippen molar-refractivity contribution in [1.29, 1.82) is 0 Å². The minimum Gasteiger partial charge on any atom is -0.348 e. The summed E-state index contributed by atoms with van der Waals surface area (Å²) in [6, 6.07) is 4.63. The number of hydrogen-bond donors (Lipinski definition) is 1. The molecule has 0 radical (unpaired) electrons. The highest BCUT2D eigenvalue weighted by Crippen LogP contribution is 2.62. The zero-order valence-corrected chi connectivity index (χ0v) is 11.6. The first kappa shape index (κ1) is 13.1. The van der Waals surface area contributed by atoms with E-state index in [2.05, 4.69) is 33.0 Å². The first-order chi connectivity index (χ1) is 8.18. The Bertz CT molecular complexity index is 491. The summed E-state index contributed by atoms with van der Waals surface area (Å²) in [5.41, 5.74) is 1.24. The molecular formula is C15H20FNO. The number of amides is 1. The molecule has 0 bridgehead atoms. The lowest BCUT2D eigenvalue weighted by atomic mass is 10.0. The van der Waals surface area contributed by atoms with Gasteiger partial charge in [-0.25, -0.2) is 4.39 Å². The second-order valence-corrected chi connectivity index (χ2v) is 6.31. The molecule has 1 aliphatic carbocycles. The van der Waals surface area contributed by atoms with Crippen molar-refractivity contribution >= 4 is 5.91 Å². The highest BCUT2D eigenvalue weighted by Gasteiger charge is 2.65. The molecule has 3 heteroatoms. The van der Waals surface area contributed by atoms with Crippen LogP contribution in [0, 0.1) is 23.6 Å². The van der Waals surface area contributed by atoms with E-state index in [1.807, 2.05) is 0 Å². The van der Waals surface area contributed by atoms with Crippen LogP contribution in [0.25, 0.3) is 0 Å². The van der Waals surface area contributed by atoms with E-state index in [1.165, 1.54) is 12.1 Å². The Kier molecular flexibility index (Phi) is 2.76. The van der Waals surface area contributed by atoms with Gasteiger partial charge in [0.1, 0.15) is 5.82 Å². The molecule has 1 aliphatic rings. The Labute approximate surface area is 108 Å². The third-order valence-electron chi connectivity index (χ3n) is 4.72. The van der Waals surface area contributed by atoms with Gasteiger partial charge in [0.2, 0.25) is 0 Å². The fourth-order valence-electron chi connectivity index (χ4n) is 2.56. The summed E-state index contributed by atoms with van der Waals surface area (Å²) in [6.45, 7) is 10.3. The number of hydrogen-bond acceptors (Lipinski definition) is 1. The van der Waals surface area contributed by atoms with E-state index in [0.29, 0.717) is 11.1 Å². The predicted molar refractivity (Wildman–Crippen MR) is 70.0 cm³/mol. The van der Waals surface area contributed by atoms with Gasteiger partial charge in [0.25, 0.3) is 5.91 Å². The van der Waals surface area contributed by atoms with Gasteiger partial charge in [-0.2, -0.15) is 0 Å². The summed E-state index contributed by atoms with van der Waals surface area (Å²) >= 11 is 0. The summed E-state index contributed by atoms with van der Waals surface area (Å²) in [6.07, 6.45) is 0. The standard InChI is InChI=1S/C15H20FNO/c1-9-8-10(6-7-11(9)16)12(18)17-13-14(2,3)15(13,4)5/h6-8,13H,1-5H3,(H,17,18).